The molecule has 2 aromatic heterocycles. The van der Waals surface area contributed by atoms with Crippen LogP contribution in [0.1, 0.15) is 61.2 Å². The Labute approximate surface area is 169 Å². The van der Waals surface area contributed by atoms with Crippen molar-refractivity contribution in [2.45, 2.75) is 77.9 Å². The summed E-state index contributed by atoms with van der Waals surface area (Å²) in [6, 6.07) is 0.251. The Hall–Kier alpha value is -1.73. The number of hydrogen-bond acceptors (Lipinski definition) is 5. The number of fused-ring (bicyclic) bond motifs is 1. The number of carbonyl (C=O) groups excluding carboxylic acids is 1. The number of thiophene rings is 1. The Morgan fingerprint density at radius 1 is 1.14 bits per heavy atom. The third kappa shape index (κ3) is 4.01. The van der Waals surface area contributed by atoms with Crippen molar-refractivity contribution in [3.63, 3.8) is 0 Å². The molecule has 1 saturated heterocycles. The van der Waals surface area contributed by atoms with E-state index in [0.717, 1.165) is 47.0 Å². The monoisotopic (exact) mass is 402 g/mol. The van der Waals surface area contributed by atoms with Crippen LogP contribution in [0.3, 0.4) is 0 Å². The summed E-state index contributed by atoms with van der Waals surface area (Å²) in [5, 5.41) is 3.82. The highest BCUT2D eigenvalue weighted by Crippen LogP contribution is 2.27. The van der Waals surface area contributed by atoms with Crippen LogP contribution in [0.5, 0.6) is 0 Å². The van der Waals surface area contributed by atoms with Gasteiger partial charge in [0.25, 0.3) is 5.56 Å². The van der Waals surface area contributed by atoms with Crippen molar-refractivity contribution in [1.29, 1.82) is 0 Å². The number of hydrogen-bond donors (Lipinski definition) is 1. The van der Waals surface area contributed by atoms with E-state index in [1.54, 1.807) is 15.9 Å². The predicted molar refractivity (Wildman–Crippen MR) is 113 cm³/mol. The molecule has 7 heteroatoms. The second-order valence-corrected chi connectivity index (χ2v) is 9.47. The topological polar surface area (TPSA) is 67.2 Å². The van der Waals surface area contributed by atoms with E-state index in [0.29, 0.717) is 11.9 Å². The summed E-state index contributed by atoms with van der Waals surface area (Å²) < 4.78 is 1.62. The molecule has 6 nitrogen and oxygen atoms in total. The molecule has 152 valence electrons. The van der Waals surface area contributed by atoms with Gasteiger partial charge in [-0.15, -0.1) is 11.3 Å². The van der Waals surface area contributed by atoms with Gasteiger partial charge in [0.15, 0.2) is 0 Å². The van der Waals surface area contributed by atoms with Crippen LogP contribution in [0, 0.1) is 13.8 Å². The number of rotatable bonds is 5. The lowest BCUT2D eigenvalue weighted by atomic mass is 9.95. The number of nitrogens with zero attached hydrogens (tertiary/aromatic N) is 3. The highest BCUT2D eigenvalue weighted by atomic mass is 32.1. The van der Waals surface area contributed by atoms with Gasteiger partial charge < -0.3 is 5.32 Å². The molecule has 0 bridgehead atoms. The van der Waals surface area contributed by atoms with Crippen molar-refractivity contribution in [3.8, 4) is 0 Å². The molecular formula is C21H30N4O2S. The van der Waals surface area contributed by atoms with Crippen molar-refractivity contribution in [1.82, 2.24) is 19.8 Å². The van der Waals surface area contributed by atoms with E-state index in [1.807, 2.05) is 13.8 Å². The van der Waals surface area contributed by atoms with Crippen molar-refractivity contribution in [2.75, 3.05) is 13.1 Å². The minimum Gasteiger partial charge on any atom is -0.352 e. The van der Waals surface area contributed by atoms with Gasteiger partial charge in [-0.25, -0.2) is 4.98 Å². The third-order valence-electron chi connectivity index (χ3n) is 6.20. The second kappa shape index (κ2) is 8.33. The third-order valence-corrected chi connectivity index (χ3v) is 7.30. The molecular weight excluding hydrogens is 372 g/mol. The maximum atomic E-state index is 13.3. The standard InChI is InChI=1S/C21H30N4O2S/c1-14-15(2)28-20-19(14)21(27)25(17(23-20)12-24-10-6-7-11-24)13-18(26)22-16-8-4-3-5-9-16/h16H,3-13H2,1-2H3,(H,22,26). The molecule has 1 saturated carbocycles. The zero-order valence-corrected chi connectivity index (χ0v) is 17.7. The zero-order chi connectivity index (χ0) is 19.7. The lowest BCUT2D eigenvalue weighted by molar-refractivity contribution is -0.122. The first kappa shape index (κ1) is 19.6. The fraction of sp³-hybridized carbons (Fsp3) is 0.667. The summed E-state index contributed by atoms with van der Waals surface area (Å²) in [6.07, 6.45) is 8.06. The molecule has 3 heterocycles. The fourth-order valence-corrected chi connectivity index (χ4v) is 5.50. The summed E-state index contributed by atoms with van der Waals surface area (Å²) in [7, 11) is 0. The number of carbonyl (C=O) groups is 1. The Kier molecular flexibility index (Phi) is 5.83. The van der Waals surface area contributed by atoms with E-state index in [-0.39, 0.29) is 24.1 Å². The Balaban J connectivity index is 1.65. The summed E-state index contributed by atoms with van der Waals surface area (Å²) in [4.78, 5) is 35.2. The van der Waals surface area contributed by atoms with Gasteiger partial charge in [0, 0.05) is 10.9 Å². The Morgan fingerprint density at radius 3 is 2.57 bits per heavy atom. The number of amides is 1. The van der Waals surface area contributed by atoms with Crippen LogP contribution in [0.4, 0.5) is 0 Å². The Bertz CT molecular complexity index is 921. The zero-order valence-electron chi connectivity index (χ0n) is 16.9. The van der Waals surface area contributed by atoms with Crippen LogP contribution >= 0.6 is 11.3 Å². The summed E-state index contributed by atoms with van der Waals surface area (Å²) in [6.45, 7) is 6.77. The summed E-state index contributed by atoms with van der Waals surface area (Å²) in [5.74, 6) is 0.655. The molecule has 2 fully saturated rings. The van der Waals surface area contributed by atoms with Crippen molar-refractivity contribution in [2.24, 2.45) is 0 Å². The number of aromatic nitrogens is 2. The fourth-order valence-electron chi connectivity index (χ4n) is 4.46. The maximum Gasteiger partial charge on any atom is 0.263 e. The maximum absolute atomic E-state index is 13.3. The quantitative estimate of drug-likeness (QED) is 0.834. The molecule has 4 rings (SSSR count). The number of likely N-dealkylation sites (tertiary alicyclic amines) is 1. The minimum absolute atomic E-state index is 0.0653. The van der Waals surface area contributed by atoms with Gasteiger partial charge >= 0.3 is 0 Å². The van der Waals surface area contributed by atoms with Gasteiger partial charge in [0.1, 0.15) is 17.2 Å². The lowest BCUT2D eigenvalue weighted by Crippen LogP contribution is -2.41. The van der Waals surface area contributed by atoms with Gasteiger partial charge in [0.05, 0.1) is 11.9 Å². The van der Waals surface area contributed by atoms with Crippen molar-refractivity contribution >= 4 is 27.5 Å². The van der Waals surface area contributed by atoms with Crippen LogP contribution in [0.2, 0.25) is 0 Å². The van der Waals surface area contributed by atoms with Crippen molar-refractivity contribution in [3.05, 3.63) is 26.6 Å². The number of nitrogens with one attached hydrogen (secondary N) is 1. The first-order valence-corrected chi connectivity index (χ1v) is 11.4. The number of aryl methyl sites for hydroxylation is 2. The molecule has 1 N–H and O–H groups in total. The molecule has 0 aromatic carbocycles. The van der Waals surface area contributed by atoms with E-state index in [1.165, 1.54) is 32.1 Å². The first-order chi connectivity index (χ1) is 13.5. The van der Waals surface area contributed by atoms with Crippen LogP contribution in [-0.2, 0) is 17.9 Å². The lowest BCUT2D eigenvalue weighted by Gasteiger charge is -2.23. The first-order valence-electron chi connectivity index (χ1n) is 10.5. The van der Waals surface area contributed by atoms with Crippen molar-refractivity contribution < 1.29 is 4.79 Å². The van der Waals surface area contributed by atoms with Gasteiger partial charge in [-0.3, -0.25) is 19.1 Å². The molecule has 1 aliphatic heterocycles. The average Bonchev–Trinajstić information content (AvgIpc) is 3.27. The van der Waals surface area contributed by atoms with Crippen LogP contribution in [0.15, 0.2) is 4.79 Å². The molecule has 0 spiro atoms. The molecule has 28 heavy (non-hydrogen) atoms. The molecule has 0 atom stereocenters. The van der Waals surface area contributed by atoms with E-state index in [4.69, 9.17) is 4.98 Å². The highest BCUT2D eigenvalue weighted by Gasteiger charge is 2.22. The summed E-state index contributed by atoms with van der Waals surface area (Å²) >= 11 is 1.58. The molecule has 2 aromatic rings. The SMILES string of the molecule is Cc1sc2nc(CN3CCCC3)n(CC(=O)NC3CCCCC3)c(=O)c2c1C. The molecule has 0 unspecified atom stereocenters. The smallest absolute Gasteiger partial charge is 0.263 e. The van der Waals surface area contributed by atoms with E-state index in [2.05, 4.69) is 10.2 Å². The van der Waals surface area contributed by atoms with E-state index < -0.39 is 0 Å². The van der Waals surface area contributed by atoms with E-state index >= 15 is 0 Å². The van der Waals surface area contributed by atoms with Crippen LogP contribution in [-0.4, -0.2) is 39.5 Å². The minimum atomic E-state index is -0.0696. The van der Waals surface area contributed by atoms with Gasteiger partial charge in [-0.05, 0) is 58.2 Å². The summed E-state index contributed by atoms with van der Waals surface area (Å²) in [5.41, 5.74) is 0.923. The van der Waals surface area contributed by atoms with Crippen LogP contribution < -0.4 is 10.9 Å². The van der Waals surface area contributed by atoms with Gasteiger partial charge in [-0.2, -0.15) is 0 Å². The largest absolute Gasteiger partial charge is 0.352 e. The van der Waals surface area contributed by atoms with Gasteiger partial charge in [-0.1, -0.05) is 19.3 Å². The molecule has 2 aliphatic rings. The van der Waals surface area contributed by atoms with E-state index in [9.17, 15) is 9.59 Å². The normalized spacial score (nSPS) is 18.8. The van der Waals surface area contributed by atoms with Crippen LogP contribution in [0.25, 0.3) is 10.2 Å². The Morgan fingerprint density at radius 2 is 1.86 bits per heavy atom. The van der Waals surface area contributed by atoms with Gasteiger partial charge in [0.2, 0.25) is 5.91 Å². The second-order valence-electron chi connectivity index (χ2n) is 8.27. The molecule has 1 aliphatic carbocycles. The molecule has 0 radical (unpaired) electrons. The predicted octanol–water partition coefficient (Wildman–Crippen LogP) is 3.12. The average molecular weight is 403 g/mol. The highest BCUT2D eigenvalue weighted by molar-refractivity contribution is 7.18. The molecule has 1 amide bonds.